The smallest absolute Gasteiger partial charge is 0.180 e. The second-order valence-corrected chi connectivity index (χ2v) is 8.65. The summed E-state index contributed by atoms with van der Waals surface area (Å²) >= 11 is 1.10. The second kappa shape index (κ2) is 5.26. The summed E-state index contributed by atoms with van der Waals surface area (Å²) in [6, 6.07) is 0. The zero-order chi connectivity index (χ0) is 16.0. The number of carbonyl (C=O) groups is 1. The summed E-state index contributed by atoms with van der Waals surface area (Å²) in [5.74, 6) is -0.167. The molecular weight excluding hydrogens is 312 g/mol. The van der Waals surface area contributed by atoms with E-state index >= 15 is 0 Å². The predicted octanol–water partition coefficient (Wildman–Crippen LogP) is 1.29. The monoisotopic (exact) mass is 332 g/mol. The maximum atomic E-state index is 12.0. The Morgan fingerprint density at radius 1 is 1.52 bits per heavy atom. The third-order valence-corrected chi connectivity index (χ3v) is 6.16. The quantitative estimate of drug-likeness (QED) is 0.806. The van der Waals surface area contributed by atoms with Gasteiger partial charge in [0.15, 0.2) is 15.6 Å². The second-order valence-electron chi connectivity index (χ2n) is 5.70. The lowest BCUT2D eigenvalue weighted by Crippen LogP contribution is -2.29. The molecule has 0 saturated carbocycles. The molecule has 1 aliphatic rings. The summed E-state index contributed by atoms with van der Waals surface area (Å²) in [5, 5.41) is 10.5. The van der Waals surface area contributed by atoms with Crippen LogP contribution >= 0.6 is 11.3 Å². The number of carbonyl (C=O) groups excluding carboxylic acids is 1. The lowest BCUT2D eigenvalue weighted by Gasteiger charge is -2.20. The molecule has 0 radical (unpaired) electrons. The minimum atomic E-state index is -3.55. The first kappa shape index (κ1) is 16.3. The average molecular weight is 332 g/mol. The van der Waals surface area contributed by atoms with Gasteiger partial charge in [-0.25, -0.2) is 8.42 Å². The molecule has 8 heteroatoms. The number of ketones is 1. The summed E-state index contributed by atoms with van der Waals surface area (Å²) in [6.45, 7) is 4.29. The van der Waals surface area contributed by atoms with Crippen LogP contribution in [0.5, 0.6) is 0 Å². The van der Waals surface area contributed by atoms with Gasteiger partial charge in [0.25, 0.3) is 0 Å². The summed E-state index contributed by atoms with van der Waals surface area (Å²) in [6.07, 6.45) is 1.90. The number of rotatable bonds is 4. The minimum Gasteiger partial charge on any atom is -0.396 e. The van der Waals surface area contributed by atoms with Crippen LogP contribution in [-0.2, 0) is 9.84 Å². The first-order valence-corrected chi connectivity index (χ1v) is 9.40. The van der Waals surface area contributed by atoms with Crippen molar-refractivity contribution in [2.45, 2.75) is 37.2 Å². The van der Waals surface area contributed by atoms with Crippen molar-refractivity contribution in [2.24, 2.45) is 0 Å². The van der Waals surface area contributed by atoms with Crippen molar-refractivity contribution < 1.29 is 18.3 Å². The van der Waals surface area contributed by atoms with Crippen molar-refractivity contribution in [3.8, 4) is 0 Å². The van der Waals surface area contributed by atoms with Crippen molar-refractivity contribution in [3.05, 3.63) is 4.88 Å². The molecule has 0 amide bonds. The number of aliphatic hydroxyl groups is 1. The van der Waals surface area contributed by atoms with Crippen LogP contribution in [0.25, 0.3) is 0 Å². The Labute approximate surface area is 128 Å². The Morgan fingerprint density at radius 3 is 2.57 bits per heavy atom. The van der Waals surface area contributed by atoms with Crippen LogP contribution in [0, 0.1) is 0 Å². The van der Waals surface area contributed by atoms with Crippen LogP contribution in [0.4, 0.5) is 10.7 Å². The third kappa shape index (κ3) is 3.07. The SMILES string of the molecule is CCC(=O)c1sc(N2CCC(C)(O)C2)c(S(C)(=O)=O)c1N. The number of nitrogens with zero attached hydrogens (tertiary/aromatic N) is 1. The van der Waals surface area contributed by atoms with Crippen molar-refractivity contribution in [1.29, 1.82) is 0 Å². The summed E-state index contributed by atoms with van der Waals surface area (Å²) in [5.41, 5.74) is 5.10. The Balaban J connectivity index is 2.58. The van der Waals surface area contributed by atoms with Gasteiger partial charge in [-0.1, -0.05) is 6.92 Å². The molecule has 1 aromatic heterocycles. The van der Waals surface area contributed by atoms with Crippen LogP contribution in [0.1, 0.15) is 36.4 Å². The van der Waals surface area contributed by atoms with Gasteiger partial charge in [-0.15, -0.1) is 11.3 Å². The van der Waals surface area contributed by atoms with Gasteiger partial charge >= 0.3 is 0 Å². The fraction of sp³-hybridized carbons (Fsp3) is 0.615. The van der Waals surface area contributed by atoms with Crippen molar-refractivity contribution >= 4 is 37.6 Å². The van der Waals surface area contributed by atoms with E-state index in [-0.39, 0.29) is 22.8 Å². The molecule has 1 aliphatic heterocycles. The summed E-state index contributed by atoms with van der Waals surface area (Å²) in [4.78, 5) is 14.0. The van der Waals surface area contributed by atoms with E-state index in [0.717, 1.165) is 17.6 Å². The lowest BCUT2D eigenvalue weighted by molar-refractivity contribution is 0.0839. The molecule has 1 saturated heterocycles. The zero-order valence-electron chi connectivity index (χ0n) is 12.3. The first-order chi connectivity index (χ1) is 9.57. The number of nitrogens with two attached hydrogens (primary N) is 1. The molecule has 21 heavy (non-hydrogen) atoms. The van der Waals surface area contributed by atoms with E-state index in [0.29, 0.717) is 29.4 Å². The number of nitrogen functional groups attached to an aromatic ring is 1. The van der Waals surface area contributed by atoms with Gasteiger partial charge in [0.2, 0.25) is 0 Å². The highest BCUT2D eigenvalue weighted by molar-refractivity contribution is 7.91. The van der Waals surface area contributed by atoms with Crippen molar-refractivity contribution in [1.82, 2.24) is 0 Å². The fourth-order valence-electron chi connectivity index (χ4n) is 2.47. The number of Topliss-reactive ketones (excluding diaryl/α,β-unsaturated/α-hetero) is 1. The van der Waals surface area contributed by atoms with Gasteiger partial charge < -0.3 is 15.7 Å². The Bertz CT molecular complexity index is 677. The molecule has 1 atom stereocenters. The minimum absolute atomic E-state index is 0.0157. The molecule has 0 bridgehead atoms. The van der Waals surface area contributed by atoms with Crippen LogP contribution < -0.4 is 10.6 Å². The van der Waals surface area contributed by atoms with Crippen LogP contribution in [0.2, 0.25) is 0 Å². The van der Waals surface area contributed by atoms with Gasteiger partial charge in [-0.2, -0.15) is 0 Å². The maximum Gasteiger partial charge on any atom is 0.180 e. The molecule has 1 unspecified atom stereocenters. The highest BCUT2D eigenvalue weighted by Gasteiger charge is 2.36. The Kier molecular flexibility index (Phi) is 4.07. The number of hydrogen-bond donors (Lipinski definition) is 2. The van der Waals surface area contributed by atoms with E-state index in [4.69, 9.17) is 5.73 Å². The zero-order valence-corrected chi connectivity index (χ0v) is 14.0. The largest absolute Gasteiger partial charge is 0.396 e. The molecule has 6 nitrogen and oxygen atoms in total. The number of hydrogen-bond acceptors (Lipinski definition) is 7. The van der Waals surface area contributed by atoms with Gasteiger partial charge in [0.1, 0.15) is 9.90 Å². The molecule has 2 rings (SSSR count). The standard InChI is InChI=1S/C13H20N2O4S2/c1-4-8(16)10-9(14)11(21(3,18)19)12(20-10)15-6-5-13(2,17)7-15/h17H,4-7,14H2,1-3H3. The Hall–Kier alpha value is -1.12. The summed E-state index contributed by atoms with van der Waals surface area (Å²) in [7, 11) is -3.55. The number of anilines is 2. The number of thiophene rings is 1. The molecular formula is C13H20N2O4S2. The van der Waals surface area contributed by atoms with Crippen molar-refractivity contribution in [2.75, 3.05) is 30.0 Å². The van der Waals surface area contributed by atoms with Gasteiger partial charge in [0, 0.05) is 25.8 Å². The van der Waals surface area contributed by atoms with E-state index in [1.54, 1.807) is 18.7 Å². The molecule has 118 valence electrons. The topological polar surface area (TPSA) is 101 Å². The molecule has 0 aromatic carbocycles. The van der Waals surface area contributed by atoms with Gasteiger partial charge in [-0.05, 0) is 13.3 Å². The highest BCUT2D eigenvalue weighted by atomic mass is 32.2. The molecule has 3 N–H and O–H groups in total. The molecule has 2 heterocycles. The Morgan fingerprint density at radius 2 is 2.14 bits per heavy atom. The van der Waals surface area contributed by atoms with Gasteiger partial charge in [0.05, 0.1) is 16.2 Å². The van der Waals surface area contributed by atoms with E-state index in [9.17, 15) is 18.3 Å². The molecule has 1 aromatic rings. The molecule has 0 spiro atoms. The first-order valence-electron chi connectivity index (χ1n) is 6.69. The predicted molar refractivity (Wildman–Crippen MR) is 83.9 cm³/mol. The number of sulfone groups is 1. The van der Waals surface area contributed by atoms with Crippen LogP contribution in [-0.4, -0.2) is 44.3 Å². The van der Waals surface area contributed by atoms with E-state index in [2.05, 4.69) is 0 Å². The summed E-state index contributed by atoms with van der Waals surface area (Å²) < 4.78 is 24.1. The third-order valence-electron chi connectivity index (χ3n) is 3.57. The number of β-amino-alcohol motifs (C(OH)–C–C–N with tert-alkyl or cyclic N) is 1. The lowest BCUT2D eigenvalue weighted by atomic mass is 10.1. The van der Waals surface area contributed by atoms with E-state index in [1.165, 1.54) is 0 Å². The highest BCUT2D eigenvalue weighted by Crippen LogP contribution is 2.44. The fourth-order valence-corrected chi connectivity index (χ4v) is 5.21. The average Bonchev–Trinajstić information content (AvgIpc) is 2.87. The molecule has 0 aliphatic carbocycles. The van der Waals surface area contributed by atoms with Crippen LogP contribution in [0.3, 0.4) is 0 Å². The normalized spacial score (nSPS) is 22.8. The van der Waals surface area contributed by atoms with E-state index < -0.39 is 15.4 Å². The maximum absolute atomic E-state index is 12.0. The van der Waals surface area contributed by atoms with Crippen LogP contribution in [0.15, 0.2) is 4.90 Å². The van der Waals surface area contributed by atoms with Gasteiger partial charge in [-0.3, -0.25) is 4.79 Å². The van der Waals surface area contributed by atoms with E-state index in [1.807, 2.05) is 0 Å². The van der Waals surface area contributed by atoms with Crippen molar-refractivity contribution in [3.63, 3.8) is 0 Å². The molecule has 1 fully saturated rings.